The Morgan fingerprint density at radius 1 is 0.903 bits per heavy atom. The molecule has 1 aliphatic rings. The van der Waals surface area contributed by atoms with E-state index in [1.807, 2.05) is 36.4 Å². The van der Waals surface area contributed by atoms with Crippen LogP contribution in [0.5, 0.6) is 11.6 Å². The zero-order chi connectivity index (χ0) is 21.8. The van der Waals surface area contributed by atoms with Gasteiger partial charge in [-0.25, -0.2) is 9.37 Å². The number of aromatic nitrogens is 1. The second-order valence-electron chi connectivity index (χ2n) is 7.27. The van der Waals surface area contributed by atoms with Gasteiger partial charge < -0.3 is 14.4 Å². The lowest BCUT2D eigenvalue weighted by molar-refractivity contribution is -0.117. The Hall–Kier alpha value is -3.67. The SMILES string of the molecule is COc1ccc(-c2ccc(C3=C(c4ccc(F)cc4)CCN(C=O)C3)c(OC)n2)cc1. The van der Waals surface area contributed by atoms with E-state index in [-0.39, 0.29) is 5.82 Å². The molecule has 0 saturated heterocycles. The van der Waals surface area contributed by atoms with Crippen molar-refractivity contribution in [3.8, 4) is 22.9 Å². The van der Waals surface area contributed by atoms with E-state index >= 15 is 0 Å². The van der Waals surface area contributed by atoms with Crippen molar-refractivity contribution < 1.29 is 18.7 Å². The van der Waals surface area contributed by atoms with E-state index in [0.29, 0.717) is 25.4 Å². The monoisotopic (exact) mass is 418 g/mol. The highest BCUT2D eigenvalue weighted by Gasteiger charge is 2.23. The second kappa shape index (κ2) is 9.00. The summed E-state index contributed by atoms with van der Waals surface area (Å²) < 4.78 is 24.3. The van der Waals surface area contributed by atoms with Crippen molar-refractivity contribution in [3.63, 3.8) is 0 Å². The third-order valence-electron chi connectivity index (χ3n) is 5.48. The molecule has 2 heterocycles. The Balaban J connectivity index is 1.80. The Labute approximate surface area is 180 Å². The van der Waals surface area contributed by atoms with E-state index in [1.54, 1.807) is 31.3 Å². The number of rotatable bonds is 6. The maximum absolute atomic E-state index is 13.5. The molecule has 0 saturated carbocycles. The molecule has 4 rings (SSSR count). The summed E-state index contributed by atoms with van der Waals surface area (Å²) in [7, 11) is 3.21. The van der Waals surface area contributed by atoms with Gasteiger partial charge >= 0.3 is 0 Å². The molecule has 2 aromatic carbocycles. The normalized spacial score (nSPS) is 13.8. The first-order valence-corrected chi connectivity index (χ1v) is 10.00. The van der Waals surface area contributed by atoms with Crippen molar-refractivity contribution >= 4 is 17.6 Å². The van der Waals surface area contributed by atoms with Crippen molar-refractivity contribution in [1.82, 2.24) is 9.88 Å². The van der Waals surface area contributed by atoms with Gasteiger partial charge in [0.2, 0.25) is 12.3 Å². The van der Waals surface area contributed by atoms with Gasteiger partial charge in [0.25, 0.3) is 0 Å². The zero-order valence-electron chi connectivity index (χ0n) is 17.5. The van der Waals surface area contributed by atoms with Crippen LogP contribution in [0.1, 0.15) is 17.5 Å². The highest BCUT2D eigenvalue weighted by Crippen LogP contribution is 2.37. The first kappa shape index (κ1) is 20.6. The topological polar surface area (TPSA) is 51.7 Å². The fourth-order valence-electron chi connectivity index (χ4n) is 3.84. The number of carbonyl (C=O) groups excluding carboxylic acids is 1. The average molecular weight is 418 g/mol. The number of hydrogen-bond acceptors (Lipinski definition) is 4. The first-order valence-electron chi connectivity index (χ1n) is 10.00. The van der Waals surface area contributed by atoms with Crippen molar-refractivity contribution in [2.24, 2.45) is 0 Å². The van der Waals surface area contributed by atoms with E-state index in [1.165, 1.54) is 12.1 Å². The highest BCUT2D eigenvalue weighted by molar-refractivity contribution is 5.94. The number of methoxy groups -OCH3 is 2. The van der Waals surface area contributed by atoms with Gasteiger partial charge in [-0.2, -0.15) is 0 Å². The standard InChI is InChI=1S/C25H23FN2O3/c1-30-20-9-5-18(6-10-20)24-12-11-22(25(27-24)31-2)23-15-28(16-29)14-13-21(23)17-3-7-19(26)8-4-17/h3-12,16H,13-15H2,1-2H3. The summed E-state index contributed by atoms with van der Waals surface area (Å²) in [5, 5.41) is 0. The number of ether oxygens (including phenoxy) is 2. The minimum absolute atomic E-state index is 0.278. The van der Waals surface area contributed by atoms with Crippen LogP contribution in [-0.2, 0) is 4.79 Å². The maximum Gasteiger partial charge on any atom is 0.221 e. The summed E-state index contributed by atoms with van der Waals surface area (Å²) in [5.74, 6) is 0.979. The van der Waals surface area contributed by atoms with E-state index in [9.17, 15) is 9.18 Å². The lowest BCUT2D eigenvalue weighted by Crippen LogP contribution is -2.29. The van der Waals surface area contributed by atoms with Crippen molar-refractivity contribution in [2.75, 3.05) is 27.3 Å². The molecule has 0 fully saturated rings. The molecule has 0 unspecified atom stereocenters. The number of benzene rings is 2. The van der Waals surface area contributed by atoms with Crippen LogP contribution >= 0.6 is 0 Å². The third-order valence-corrected chi connectivity index (χ3v) is 5.48. The van der Waals surface area contributed by atoms with Crippen molar-refractivity contribution in [1.29, 1.82) is 0 Å². The van der Waals surface area contributed by atoms with Gasteiger partial charge in [-0.3, -0.25) is 4.79 Å². The minimum atomic E-state index is -0.278. The molecule has 158 valence electrons. The van der Waals surface area contributed by atoms with Crippen LogP contribution in [0, 0.1) is 5.82 Å². The summed E-state index contributed by atoms with van der Waals surface area (Å²) >= 11 is 0. The van der Waals surface area contributed by atoms with Crippen LogP contribution in [0.4, 0.5) is 4.39 Å². The molecular weight excluding hydrogens is 395 g/mol. The van der Waals surface area contributed by atoms with Crippen LogP contribution in [0.25, 0.3) is 22.4 Å². The smallest absolute Gasteiger partial charge is 0.221 e. The fraction of sp³-hybridized carbons (Fsp3) is 0.200. The van der Waals surface area contributed by atoms with Crippen LogP contribution in [0.2, 0.25) is 0 Å². The number of hydrogen-bond donors (Lipinski definition) is 0. The molecule has 0 aliphatic carbocycles. The number of pyridine rings is 1. The lowest BCUT2D eigenvalue weighted by atomic mass is 9.89. The number of nitrogens with zero attached hydrogens (tertiary/aromatic N) is 2. The zero-order valence-corrected chi connectivity index (χ0v) is 17.5. The molecule has 31 heavy (non-hydrogen) atoms. The van der Waals surface area contributed by atoms with Gasteiger partial charge in [0.05, 0.1) is 19.9 Å². The molecule has 6 heteroatoms. The summed E-state index contributed by atoms with van der Waals surface area (Å²) in [4.78, 5) is 17.9. The lowest BCUT2D eigenvalue weighted by Gasteiger charge is -2.29. The minimum Gasteiger partial charge on any atom is -0.497 e. The van der Waals surface area contributed by atoms with Crippen LogP contribution in [0.15, 0.2) is 60.7 Å². The molecule has 1 aliphatic heterocycles. The van der Waals surface area contributed by atoms with Gasteiger partial charge in [0, 0.05) is 24.2 Å². The van der Waals surface area contributed by atoms with Crippen LogP contribution < -0.4 is 9.47 Å². The Bertz CT molecular complexity index is 1110. The van der Waals surface area contributed by atoms with E-state index in [2.05, 4.69) is 0 Å². The fourth-order valence-corrected chi connectivity index (χ4v) is 3.84. The van der Waals surface area contributed by atoms with Crippen molar-refractivity contribution in [2.45, 2.75) is 6.42 Å². The summed E-state index contributed by atoms with van der Waals surface area (Å²) in [6, 6.07) is 18.0. The predicted octanol–water partition coefficient (Wildman–Crippen LogP) is 4.68. The molecule has 0 spiro atoms. The first-order chi connectivity index (χ1) is 15.1. The molecular formula is C25H23FN2O3. The number of amides is 1. The summed E-state index contributed by atoms with van der Waals surface area (Å²) in [5.41, 5.74) is 5.49. The average Bonchev–Trinajstić information content (AvgIpc) is 2.84. The Morgan fingerprint density at radius 2 is 1.61 bits per heavy atom. The largest absolute Gasteiger partial charge is 0.497 e. The van der Waals surface area contributed by atoms with E-state index < -0.39 is 0 Å². The molecule has 3 aromatic rings. The molecule has 1 aromatic heterocycles. The molecule has 0 atom stereocenters. The van der Waals surface area contributed by atoms with Gasteiger partial charge in [0.15, 0.2) is 0 Å². The highest BCUT2D eigenvalue weighted by atomic mass is 19.1. The molecule has 1 amide bonds. The third kappa shape index (κ3) is 4.28. The Kier molecular flexibility index (Phi) is 5.98. The van der Waals surface area contributed by atoms with E-state index in [4.69, 9.17) is 14.5 Å². The van der Waals surface area contributed by atoms with Gasteiger partial charge in [-0.15, -0.1) is 0 Å². The predicted molar refractivity (Wildman–Crippen MR) is 118 cm³/mol. The van der Waals surface area contributed by atoms with Gasteiger partial charge in [-0.1, -0.05) is 12.1 Å². The van der Waals surface area contributed by atoms with Gasteiger partial charge in [0.1, 0.15) is 11.6 Å². The van der Waals surface area contributed by atoms with Crippen LogP contribution in [0.3, 0.4) is 0 Å². The summed E-state index contributed by atoms with van der Waals surface area (Å²) in [6.45, 7) is 1.05. The molecule has 5 nitrogen and oxygen atoms in total. The number of halogens is 1. The molecule has 0 N–H and O–H groups in total. The maximum atomic E-state index is 13.5. The quantitative estimate of drug-likeness (QED) is 0.546. The molecule has 0 bridgehead atoms. The number of carbonyl (C=O) groups is 1. The second-order valence-corrected chi connectivity index (χ2v) is 7.27. The summed E-state index contributed by atoms with van der Waals surface area (Å²) in [6.07, 6.45) is 1.52. The van der Waals surface area contributed by atoms with E-state index in [0.717, 1.165) is 45.7 Å². The van der Waals surface area contributed by atoms with Crippen molar-refractivity contribution in [3.05, 3.63) is 77.6 Å². The molecule has 0 radical (unpaired) electrons. The van der Waals surface area contributed by atoms with Gasteiger partial charge in [-0.05, 0) is 71.7 Å². The van der Waals surface area contributed by atoms with Crippen LogP contribution in [-0.4, -0.2) is 43.6 Å². The Morgan fingerprint density at radius 3 is 2.26 bits per heavy atom.